The average Bonchev–Trinajstić information content (AvgIpc) is 2.46. The quantitative estimate of drug-likeness (QED) is 0.384. The molecule has 6 nitrogen and oxygen atoms in total. The van der Waals surface area contributed by atoms with E-state index in [2.05, 4.69) is 4.99 Å². The topological polar surface area (TPSA) is 102 Å². The second-order valence-electron chi connectivity index (χ2n) is 4.50. The van der Waals surface area contributed by atoms with Crippen molar-refractivity contribution in [3.05, 3.63) is 69.5 Å². The van der Waals surface area contributed by atoms with Crippen LogP contribution in [0.25, 0.3) is 0 Å². The van der Waals surface area contributed by atoms with E-state index in [1.807, 2.05) is 12.1 Å². The number of nitrogen functional groups attached to an aromatic ring is 1. The van der Waals surface area contributed by atoms with E-state index in [1.54, 1.807) is 24.3 Å². The first-order valence-electron chi connectivity index (χ1n) is 6.37. The molecular formula is C15H15N3O3. The number of aliphatic hydroxyl groups is 1. The van der Waals surface area contributed by atoms with Crippen LogP contribution >= 0.6 is 0 Å². The van der Waals surface area contributed by atoms with Crippen LogP contribution < -0.4 is 5.73 Å². The maximum Gasteiger partial charge on any atom is 0.222 e. The van der Waals surface area contributed by atoms with Crippen LogP contribution in [0.15, 0.2) is 64.4 Å². The highest BCUT2D eigenvalue weighted by molar-refractivity contribution is 5.88. The molecule has 0 amide bonds. The molecular weight excluding hydrogens is 270 g/mol. The molecule has 2 rings (SSSR count). The van der Waals surface area contributed by atoms with Crippen molar-refractivity contribution in [1.29, 1.82) is 0 Å². The van der Waals surface area contributed by atoms with Crippen molar-refractivity contribution in [1.82, 2.24) is 0 Å². The second-order valence-corrected chi connectivity index (χ2v) is 4.50. The molecule has 0 heterocycles. The molecule has 1 aromatic carbocycles. The number of nitro groups is 1. The third-order valence-corrected chi connectivity index (χ3v) is 2.95. The Hall–Kier alpha value is -2.89. The monoisotopic (exact) mass is 285 g/mol. The van der Waals surface area contributed by atoms with E-state index in [1.165, 1.54) is 12.3 Å². The van der Waals surface area contributed by atoms with Crippen molar-refractivity contribution < 1.29 is 10.0 Å². The summed E-state index contributed by atoms with van der Waals surface area (Å²) in [4.78, 5) is 14.2. The summed E-state index contributed by atoms with van der Waals surface area (Å²) < 4.78 is 0. The van der Waals surface area contributed by atoms with Crippen molar-refractivity contribution in [2.45, 2.75) is 6.42 Å². The smallest absolute Gasteiger partial charge is 0.222 e. The molecule has 0 aliphatic heterocycles. The molecule has 1 aliphatic rings. The molecule has 0 saturated heterocycles. The normalized spacial score (nSPS) is 16.9. The standard InChI is InChI=1S/C15H15N3O3/c16-13-3-1-2-4-14(13)17-10-12-9-11(5-6-15(12)19)7-8-18(20)21/h1-4,6-7,9-10,19H,5,8,16H2. The zero-order valence-electron chi connectivity index (χ0n) is 11.3. The van der Waals surface area contributed by atoms with Gasteiger partial charge in [-0.3, -0.25) is 15.1 Å². The van der Waals surface area contributed by atoms with Gasteiger partial charge in [-0.25, -0.2) is 0 Å². The molecule has 0 aromatic heterocycles. The van der Waals surface area contributed by atoms with Crippen LogP contribution in [0.4, 0.5) is 11.4 Å². The molecule has 1 aromatic rings. The minimum atomic E-state index is -0.405. The Bertz CT molecular complexity index is 672. The fourth-order valence-corrected chi connectivity index (χ4v) is 1.85. The van der Waals surface area contributed by atoms with E-state index in [0.717, 1.165) is 5.57 Å². The van der Waals surface area contributed by atoms with Gasteiger partial charge in [-0.15, -0.1) is 0 Å². The number of allylic oxidation sites excluding steroid dienone is 4. The first-order valence-corrected chi connectivity index (χ1v) is 6.37. The summed E-state index contributed by atoms with van der Waals surface area (Å²) in [6, 6.07) is 7.12. The van der Waals surface area contributed by atoms with Gasteiger partial charge in [-0.05, 0) is 42.4 Å². The van der Waals surface area contributed by atoms with Gasteiger partial charge in [0.1, 0.15) is 5.76 Å². The van der Waals surface area contributed by atoms with E-state index in [0.29, 0.717) is 23.4 Å². The number of anilines is 1. The van der Waals surface area contributed by atoms with Gasteiger partial charge in [-0.2, -0.15) is 0 Å². The summed E-state index contributed by atoms with van der Waals surface area (Å²) in [5.74, 6) is 0.103. The van der Waals surface area contributed by atoms with Gasteiger partial charge in [0.05, 0.1) is 11.4 Å². The summed E-state index contributed by atoms with van der Waals surface area (Å²) in [6.45, 7) is -0.240. The Morgan fingerprint density at radius 1 is 1.43 bits per heavy atom. The lowest BCUT2D eigenvalue weighted by Crippen LogP contribution is -2.01. The fourth-order valence-electron chi connectivity index (χ4n) is 1.85. The largest absolute Gasteiger partial charge is 0.508 e. The van der Waals surface area contributed by atoms with Crippen LogP contribution in [-0.2, 0) is 0 Å². The van der Waals surface area contributed by atoms with Crippen molar-refractivity contribution in [3.63, 3.8) is 0 Å². The van der Waals surface area contributed by atoms with Gasteiger partial charge in [-0.1, -0.05) is 12.1 Å². The number of para-hydroxylation sites is 2. The first-order chi connectivity index (χ1) is 10.1. The van der Waals surface area contributed by atoms with E-state index >= 15 is 0 Å². The molecule has 0 atom stereocenters. The van der Waals surface area contributed by atoms with Crippen LogP contribution in [0.2, 0.25) is 0 Å². The zero-order valence-corrected chi connectivity index (χ0v) is 11.3. The molecule has 108 valence electrons. The van der Waals surface area contributed by atoms with Crippen LogP contribution in [0.5, 0.6) is 0 Å². The molecule has 0 fully saturated rings. The van der Waals surface area contributed by atoms with Crippen LogP contribution in [0.1, 0.15) is 6.42 Å². The number of nitrogens with zero attached hydrogens (tertiary/aromatic N) is 2. The lowest BCUT2D eigenvalue weighted by atomic mass is 10.0. The van der Waals surface area contributed by atoms with Gasteiger partial charge in [0.15, 0.2) is 0 Å². The maximum absolute atomic E-state index is 10.4. The maximum atomic E-state index is 10.4. The van der Waals surface area contributed by atoms with E-state index in [4.69, 9.17) is 5.73 Å². The molecule has 3 N–H and O–H groups in total. The molecule has 6 heteroatoms. The molecule has 21 heavy (non-hydrogen) atoms. The van der Waals surface area contributed by atoms with Gasteiger partial charge in [0, 0.05) is 16.7 Å². The molecule has 0 radical (unpaired) electrons. The molecule has 0 saturated carbocycles. The van der Waals surface area contributed by atoms with Crippen LogP contribution in [-0.4, -0.2) is 22.8 Å². The zero-order chi connectivity index (χ0) is 15.2. The summed E-state index contributed by atoms with van der Waals surface area (Å²) in [5.41, 5.74) is 8.20. The average molecular weight is 285 g/mol. The minimum absolute atomic E-state index is 0.103. The predicted molar refractivity (Wildman–Crippen MR) is 82.4 cm³/mol. The highest BCUT2D eigenvalue weighted by atomic mass is 16.6. The van der Waals surface area contributed by atoms with Gasteiger partial charge in [0.2, 0.25) is 6.54 Å². The number of hydrogen-bond acceptors (Lipinski definition) is 5. The molecule has 0 bridgehead atoms. The fraction of sp³-hybridized carbons (Fsp3) is 0.133. The molecule has 1 aliphatic carbocycles. The predicted octanol–water partition coefficient (Wildman–Crippen LogP) is 2.95. The second kappa shape index (κ2) is 6.51. The number of nitrogens with two attached hydrogens (primary N) is 1. The van der Waals surface area contributed by atoms with Crippen molar-refractivity contribution in [2.75, 3.05) is 12.3 Å². The third-order valence-electron chi connectivity index (χ3n) is 2.95. The summed E-state index contributed by atoms with van der Waals surface area (Å²) in [6.07, 6.45) is 6.76. The van der Waals surface area contributed by atoms with Crippen LogP contribution in [0, 0.1) is 10.1 Å². The van der Waals surface area contributed by atoms with Crippen molar-refractivity contribution in [2.24, 2.45) is 4.99 Å². The van der Waals surface area contributed by atoms with E-state index in [-0.39, 0.29) is 12.3 Å². The lowest BCUT2D eigenvalue weighted by molar-refractivity contribution is -0.468. The highest BCUT2D eigenvalue weighted by Crippen LogP contribution is 2.23. The van der Waals surface area contributed by atoms with Gasteiger partial charge >= 0.3 is 0 Å². The Morgan fingerprint density at radius 2 is 2.19 bits per heavy atom. The third kappa shape index (κ3) is 4.04. The number of aliphatic imine (C=N–C) groups is 1. The number of aliphatic hydroxyl groups excluding tert-OH is 1. The molecule has 0 unspecified atom stereocenters. The number of hydrogen-bond donors (Lipinski definition) is 2. The van der Waals surface area contributed by atoms with E-state index in [9.17, 15) is 15.2 Å². The summed E-state index contributed by atoms with van der Waals surface area (Å²) in [5, 5.41) is 20.2. The van der Waals surface area contributed by atoms with Crippen molar-refractivity contribution >= 4 is 17.6 Å². The minimum Gasteiger partial charge on any atom is -0.508 e. The van der Waals surface area contributed by atoms with Crippen molar-refractivity contribution in [3.8, 4) is 0 Å². The lowest BCUT2D eigenvalue weighted by Gasteiger charge is -2.09. The Labute approximate surface area is 121 Å². The Balaban J connectivity index is 2.20. The highest BCUT2D eigenvalue weighted by Gasteiger charge is 2.09. The van der Waals surface area contributed by atoms with Gasteiger partial charge < -0.3 is 10.8 Å². The van der Waals surface area contributed by atoms with Crippen LogP contribution in [0.3, 0.4) is 0 Å². The van der Waals surface area contributed by atoms with E-state index < -0.39 is 4.92 Å². The summed E-state index contributed by atoms with van der Waals surface area (Å²) in [7, 11) is 0. The number of benzene rings is 1. The Morgan fingerprint density at radius 3 is 2.90 bits per heavy atom. The SMILES string of the molecule is Nc1ccccc1N=CC1=CC(=CC[N+](=O)[O-])CC=C1O. The van der Waals surface area contributed by atoms with Gasteiger partial charge in [0.25, 0.3) is 0 Å². The molecule has 0 spiro atoms. The summed E-state index contributed by atoms with van der Waals surface area (Å²) >= 11 is 0. The number of rotatable bonds is 4. The Kier molecular flexibility index (Phi) is 4.50. The first kappa shape index (κ1) is 14.5.